The fraction of sp³-hybridized carbons (Fsp3) is 0.619. The zero-order chi connectivity index (χ0) is 18.8. The molecule has 1 aliphatic heterocycles. The van der Waals surface area contributed by atoms with Crippen LogP contribution >= 0.6 is 0 Å². The van der Waals surface area contributed by atoms with Gasteiger partial charge >= 0.3 is 5.97 Å². The lowest BCUT2D eigenvalue weighted by Crippen LogP contribution is -2.48. The average Bonchev–Trinajstić information content (AvgIpc) is 2.68. The van der Waals surface area contributed by atoms with Gasteiger partial charge in [-0.2, -0.15) is 0 Å². The van der Waals surface area contributed by atoms with Crippen LogP contribution in [0, 0.1) is 5.92 Å². The highest BCUT2D eigenvalue weighted by Gasteiger charge is 2.26. The van der Waals surface area contributed by atoms with Gasteiger partial charge in [0.2, 0.25) is 5.91 Å². The molecule has 1 aromatic rings. The number of benzene rings is 1. The van der Waals surface area contributed by atoms with E-state index in [9.17, 15) is 9.59 Å². The van der Waals surface area contributed by atoms with Crippen LogP contribution in [0.4, 0.5) is 0 Å². The van der Waals surface area contributed by atoms with Gasteiger partial charge in [0.25, 0.3) is 0 Å². The van der Waals surface area contributed by atoms with E-state index < -0.39 is 0 Å². The molecule has 0 aliphatic carbocycles. The number of hydrogen-bond donors (Lipinski definition) is 1. The number of unbranched alkanes of at least 4 members (excludes halogenated alkanes) is 1. The normalized spacial score (nSPS) is 16.8. The number of likely N-dealkylation sites (tertiary alicyclic amines) is 1. The first-order valence-corrected chi connectivity index (χ1v) is 9.72. The van der Waals surface area contributed by atoms with Crippen molar-refractivity contribution in [2.24, 2.45) is 5.92 Å². The van der Waals surface area contributed by atoms with E-state index in [0.29, 0.717) is 18.9 Å². The summed E-state index contributed by atoms with van der Waals surface area (Å²) in [6.07, 6.45) is 5.38. The SMILES string of the molecule is COC(=O)CCCCNC(=O)C(C)N1CCC(Cc2ccccc2)CC1. The van der Waals surface area contributed by atoms with Crippen LogP contribution < -0.4 is 5.32 Å². The Morgan fingerprint density at radius 3 is 2.54 bits per heavy atom. The first-order valence-electron chi connectivity index (χ1n) is 9.72. The quantitative estimate of drug-likeness (QED) is 0.543. The molecule has 144 valence electrons. The lowest BCUT2D eigenvalue weighted by atomic mass is 9.89. The van der Waals surface area contributed by atoms with E-state index in [4.69, 9.17) is 0 Å². The highest BCUT2D eigenvalue weighted by molar-refractivity contribution is 5.81. The summed E-state index contributed by atoms with van der Waals surface area (Å²) in [6.45, 7) is 4.56. The summed E-state index contributed by atoms with van der Waals surface area (Å²) in [5, 5.41) is 2.99. The Hall–Kier alpha value is -1.88. The van der Waals surface area contributed by atoms with E-state index >= 15 is 0 Å². The monoisotopic (exact) mass is 360 g/mol. The van der Waals surface area contributed by atoms with E-state index in [-0.39, 0.29) is 17.9 Å². The third-order valence-electron chi connectivity index (χ3n) is 5.28. The van der Waals surface area contributed by atoms with E-state index in [2.05, 4.69) is 45.3 Å². The number of esters is 1. The molecule has 0 saturated carbocycles. The summed E-state index contributed by atoms with van der Waals surface area (Å²) in [6, 6.07) is 10.6. The molecule has 1 aliphatic rings. The Morgan fingerprint density at radius 2 is 1.88 bits per heavy atom. The van der Waals surface area contributed by atoms with Crippen LogP contribution in [0.2, 0.25) is 0 Å². The van der Waals surface area contributed by atoms with Crippen molar-refractivity contribution in [3.8, 4) is 0 Å². The maximum atomic E-state index is 12.3. The molecular weight excluding hydrogens is 328 g/mol. The summed E-state index contributed by atoms with van der Waals surface area (Å²) < 4.78 is 4.61. The van der Waals surface area contributed by atoms with Crippen LogP contribution in [0.1, 0.15) is 44.6 Å². The highest BCUT2D eigenvalue weighted by atomic mass is 16.5. The smallest absolute Gasteiger partial charge is 0.305 e. The fourth-order valence-electron chi connectivity index (χ4n) is 3.51. The number of carbonyl (C=O) groups is 2. The predicted octanol–water partition coefficient (Wildman–Crippen LogP) is 2.79. The van der Waals surface area contributed by atoms with Crippen molar-refractivity contribution in [1.82, 2.24) is 10.2 Å². The summed E-state index contributed by atoms with van der Waals surface area (Å²) in [4.78, 5) is 25.7. The summed E-state index contributed by atoms with van der Waals surface area (Å²) in [5.74, 6) is 0.606. The molecule has 1 aromatic carbocycles. The van der Waals surface area contributed by atoms with Crippen molar-refractivity contribution < 1.29 is 14.3 Å². The maximum absolute atomic E-state index is 12.3. The Kier molecular flexibility index (Phi) is 8.62. The van der Waals surface area contributed by atoms with Crippen LogP contribution in [-0.2, 0) is 20.7 Å². The summed E-state index contributed by atoms with van der Waals surface area (Å²) >= 11 is 0. The van der Waals surface area contributed by atoms with E-state index in [1.54, 1.807) is 0 Å². The van der Waals surface area contributed by atoms with Gasteiger partial charge in [-0.25, -0.2) is 0 Å². The van der Waals surface area contributed by atoms with Gasteiger partial charge in [-0.1, -0.05) is 30.3 Å². The van der Waals surface area contributed by atoms with Crippen LogP contribution in [0.3, 0.4) is 0 Å². The van der Waals surface area contributed by atoms with Crippen molar-refractivity contribution in [3.05, 3.63) is 35.9 Å². The van der Waals surface area contributed by atoms with Crippen molar-refractivity contribution in [2.45, 2.75) is 51.5 Å². The molecule has 1 heterocycles. The van der Waals surface area contributed by atoms with Crippen LogP contribution in [0.5, 0.6) is 0 Å². The van der Waals surface area contributed by atoms with Gasteiger partial charge in [0.1, 0.15) is 0 Å². The minimum Gasteiger partial charge on any atom is -0.469 e. The third kappa shape index (κ3) is 6.79. The molecule has 2 rings (SSSR count). The van der Waals surface area contributed by atoms with Gasteiger partial charge in [0, 0.05) is 13.0 Å². The summed E-state index contributed by atoms with van der Waals surface area (Å²) in [5.41, 5.74) is 1.41. The molecule has 1 atom stereocenters. The Labute approximate surface area is 157 Å². The number of nitrogens with one attached hydrogen (secondary N) is 1. The number of piperidine rings is 1. The zero-order valence-corrected chi connectivity index (χ0v) is 16.1. The number of hydrogen-bond acceptors (Lipinski definition) is 4. The molecule has 1 saturated heterocycles. The van der Waals surface area contributed by atoms with Gasteiger partial charge in [-0.05, 0) is 63.6 Å². The van der Waals surface area contributed by atoms with Gasteiger partial charge in [0.05, 0.1) is 13.2 Å². The Morgan fingerprint density at radius 1 is 1.19 bits per heavy atom. The molecular formula is C21H32N2O3. The molecule has 5 nitrogen and oxygen atoms in total. The van der Waals surface area contributed by atoms with Gasteiger partial charge in [0.15, 0.2) is 0 Å². The first kappa shape index (κ1) is 20.4. The second-order valence-corrected chi connectivity index (χ2v) is 7.17. The minimum absolute atomic E-state index is 0.0876. The lowest BCUT2D eigenvalue weighted by molar-refractivity contribution is -0.140. The van der Waals surface area contributed by atoms with Gasteiger partial charge < -0.3 is 10.1 Å². The molecule has 0 aromatic heterocycles. The number of rotatable bonds is 9. The molecule has 0 radical (unpaired) electrons. The molecule has 26 heavy (non-hydrogen) atoms. The number of methoxy groups -OCH3 is 1. The number of amides is 1. The van der Waals surface area contributed by atoms with Gasteiger partial charge in [-0.15, -0.1) is 0 Å². The lowest BCUT2D eigenvalue weighted by Gasteiger charge is -2.35. The fourth-order valence-corrected chi connectivity index (χ4v) is 3.51. The molecule has 1 unspecified atom stereocenters. The third-order valence-corrected chi connectivity index (χ3v) is 5.28. The predicted molar refractivity (Wildman–Crippen MR) is 103 cm³/mol. The molecule has 1 fully saturated rings. The highest BCUT2D eigenvalue weighted by Crippen LogP contribution is 2.22. The average molecular weight is 360 g/mol. The Bertz CT molecular complexity index is 554. The topological polar surface area (TPSA) is 58.6 Å². The molecule has 0 bridgehead atoms. The number of carbonyl (C=O) groups excluding carboxylic acids is 2. The van der Waals surface area contributed by atoms with Gasteiger partial charge in [-0.3, -0.25) is 14.5 Å². The largest absolute Gasteiger partial charge is 0.469 e. The van der Waals surface area contributed by atoms with Crippen molar-refractivity contribution >= 4 is 11.9 Å². The molecule has 1 N–H and O–H groups in total. The standard InChI is InChI=1S/C21H32N2O3/c1-17(21(25)22-13-7-6-10-20(24)26-2)23-14-11-19(12-15-23)16-18-8-4-3-5-9-18/h3-5,8-9,17,19H,6-7,10-16H2,1-2H3,(H,22,25). The van der Waals surface area contributed by atoms with E-state index in [0.717, 1.165) is 45.2 Å². The maximum Gasteiger partial charge on any atom is 0.305 e. The minimum atomic E-state index is -0.192. The number of nitrogens with zero attached hydrogens (tertiary/aromatic N) is 1. The van der Waals surface area contributed by atoms with Crippen molar-refractivity contribution in [3.63, 3.8) is 0 Å². The molecule has 5 heteroatoms. The molecule has 0 spiro atoms. The zero-order valence-electron chi connectivity index (χ0n) is 16.1. The van der Waals surface area contributed by atoms with Crippen LogP contribution in [0.15, 0.2) is 30.3 Å². The molecule has 1 amide bonds. The Balaban J connectivity index is 1.63. The number of ether oxygens (including phenoxy) is 1. The first-order chi connectivity index (χ1) is 12.6. The van der Waals surface area contributed by atoms with Crippen molar-refractivity contribution in [1.29, 1.82) is 0 Å². The van der Waals surface area contributed by atoms with E-state index in [1.807, 2.05) is 6.92 Å². The summed E-state index contributed by atoms with van der Waals surface area (Å²) in [7, 11) is 1.40. The second kappa shape index (κ2) is 11.0. The van der Waals surface area contributed by atoms with Crippen molar-refractivity contribution in [2.75, 3.05) is 26.7 Å². The van der Waals surface area contributed by atoms with E-state index in [1.165, 1.54) is 12.7 Å². The van der Waals surface area contributed by atoms with Crippen LogP contribution in [0.25, 0.3) is 0 Å². The van der Waals surface area contributed by atoms with Crippen LogP contribution in [-0.4, -0.2) is 49.6 Å². The second-order valence-electron chi connectivity index (χ2n) is 7.17.